The van der Waals surface area contributed by atoms with Crippen LogP contribution in [0.5, 0.6) is 0 Å². The molecule has 1 aliphatic heterocycles. The average molecular weight is 341 g/mol. The van der Waals surface area contributed by atoms with Crippen LogP contribution in [0.1, 0.15) is 10.4 Å². The van der Waals surface area contributed by atoms with E-state index in [-0.39, 0.29) is 12.5 Å². The zero-order valence-corrected chi connectivity index (χ0v) is 14.3. The molecule has 2 aromatic heterocycles. The third-order valence-corrected chi connectivity index (χ3v) is 3.82. The Bertz CT molecular complexity index is 685. The second kappa shape index (κ2) is 9.61. The van der Waals surface area contributed by atoms with Gasteiger partial charge in [-0.25, -0.2) is 0 Å². The van der Waals surface area contributed by atoms with E-state index >= 15 is 0 Å². The standard InChI is InChI=1S/C16H18N4O.C2H5NO/c1-19-8-10-20(11-9-19)16(21)13-5-7-18-15(12-13)14-4-2-3-6-17-14;3-1-2-4/h2-7,12H,8-11H2,1H3;2H,1,3H2. The quantitative estimate of drug-likeness (QED) is 0.825. The third-order valence-electron chi connectivity index (χ3n) is 3.82. The molecule has 2 aromatic rings. The number of piperazine rings is 1. The topological polar surface area (TPSA) is 92.4 Å². The molecule has 1 amide bonds. The first-order chi connectivity index (χ1) is 12.2. The number of hydrogen-bond donors (Lipinski definition) is 1. The van der Waals surface area contributed by atoms with Crippen LogP contribution in [0.2, 0.25) is 0 Å². The first-order valence-corrected chi connectivity index (χ1v) is 8.14. The smallest absolute Gasteiger partial charge is 0.254 e. The van der Waals surface area contributed by atoms with Gasteiger partial charge in [0.15, 0.2) is 0 Å². The first-order valence-electron chi connectivity index (χ1n) is 8.14. The van der Waals surface area contributed by atoms with Crippen molar-refractivity contribution in [1.29, 1.82) is 0 Å². The van der Waals surface area contributed by atoms with Gasteiger partial charge in [-0.15, -0.1) is 0 Å². The highest BCUT2D eigenvalue weighted by atomic mass is 16.2. The minimum absolute atomic E-state index is 0.0719. The van der Waals surface area contributed by atoms with Crippen LogP contribution in [0.4, 0.5) is 0 Å². The highest BCUT2D eigenvalue weighted by Gasteiger charge is 2.20. The van der Waals surface area contributed by atoms with E-state index in [9.17, 15) is 4.79 Å². The number of pyridine rings is 2. The molecule has 1 aliphatic rings. The Morgan fingerprint density at radius 2 is 1.80 bits per heavy atom. The summed E-state index contributed by atoms with van der Waals surface area (Å²) >= 11 is 0. The summed E-state index contributed by atoms with van der Waals surface area (Å²) in [5, 5.41) is 0. The van der Waals surface area contributed by atoms with Gasteiger partial charge >= 0.3 is 0 Å². The van der Waals surface area contributed by atoms with E-state index < -0.39 is 0 Å². The molecule has 2 N–H and O–H groups in total. The van der Waals surface area contributed by atoms with Crippen LogP contribution in [0.25, 0.3) is 11.4 Å². The molecule has 0 radical (unpaired) electrons. The minimum Gasteiger partial charge on any atom is -0.336 e. The van der Waals surface area contributed by atoms with E-state index in [1.807, 2.05) is 29.2 Å². The molecule has 25 heavy (non-hydrogen) atoms. The summed E-state index contributed by atoms with van der Waals surface area (Å²) in [5.74, 6) is 0.0719. The summed E-state index contributed by atoms with van der Waals surface area (Å²) in [7, 11) is 2.08. The number of nitrogens with zero attached hydrogens (tertiary/aromatic N) is 4. The molecule has 132 valence electrons. The highest BCUT2D eigenvalue weighted by molar-refractivity contribution is 5.95. The molecule has 0 unspecified atom stereocenters. The molecule has 7 nitrogen and oxygen atoms in total. The molecule has 7 heteroatoms. The largest absolute Gasteiger partial charge is 0.336 e. The average Bonchev–Trinajstić information content (AvgIpc) is 2.69. The van der Waals surface area contributed by atoms with E-state index in [4.69, 9.17) is 4.79 Å². The van der Waals surface area contributed by atoms with Crippen LogP contribution in [-0.4, -0.2) is 71.7 Å². The summed E-state index contributed by atoms with van der Waals surface area (Å²) in [6.07, 6.45) is 4.05. The lowest BCUT2D eigenvalue weighted by atomic mass is 10.1. The van der Waals surface area contributed by atoms with Gasteiger partial charge in [-0.2, -0.15) is 0 Å². The normalized spacial score (nSPS) is 14.4. The highest BCUT2D eigenvalue weighted by Crippen LogP contribution is 2.16. The molecule has 0 aromatic carbocycles. The molecule has 0 saturated carbocycles. The molecule has 0 aliphatic carbocycles. The Balaban J connectivity index is 0.000000511. The van der Waals surface area contributed by atoms with Gasteiger partial charge in [-0.3, -0.25) is 14.8 Å². The van der Waals surface area contributed by atoms with Gasteiger partial charge in [0.25, 0.3) is 5.91 Å². The number of aldehydes is 1. The lowest BCUT2D eigenvalue weighted by Gasteiger charge is -2.32. The van der Waals surface area contributed by atoms with Crippen molar-refractivity contribution in [3.8, 4) is 11.4 Å². The Morgan fingerprint density at radius 1 is 1.12 bits per heavy atom. The van der Waals surface area contributed by atoms with Crippen molar-refractivity contribution in [3.05, 3.63) is 48.3 Å². The SMILES string of the molecule is CN1CCN(C(=O)c2ccnc(-c3ccccn3)c2)CC1.NCC=O. The number of aromatic nitrogens is 2. The molecule has 3 heterocycles. The van der Waals surface area contributed by atoms with Gasteiger partial charge < -0.3 is 20.3 Å². The van der Waals surface area contributed by atoms with Gasteiger partial charge in [0.1, 0.15) is 6.29 Å². The van der Waals surface area contributed by atoms with Gasteiger partial charge in [0.2, 0.25) is 0 Å². The van der Waals surface area contributed by atoms with Crippen LogP contribution < -0.4 is 5.73 Å². The summed E-state index contributed by atoms with van der Waals surface area (Å²) in [4.78, 5) is 34.3. The summed E-state index contributed by atoms with van der Waals surface area (Å²) in [6.45, 7) is 3.53. The van der Waals surface area contributed by atoms with Crippen LogP contribution in [-0.2, 0) is 4.79 Å². The van der Waals surface area contributed by atoms with Crippen molar-refractivity contribution in [1.82, 2.24) is 19.8 Å². The lowest BCUT2D eigenvalue weighted by Crippen LogP contribution is -2.47. The Morgan fingerprint density at radius 3 is 2.40 bits per heavy atom. The summed E-state index contributed by atoms with van der Waals surface area (Å²) < 4.78 is 0. The molecule has 3 rings (SSSR count). The molecule has 1 saturated heterocycles. The molecule has 0 spiro atoms. The lowest BCUT2D eigenvalue weighted by molar-refractivity contribution is -0.106. The van der Waals surface area contributed by atoms with Gasteiger partial charge in [-0.1, -0.05) is 6.07 Å². The second-order valence-corrected chi connectivity index (χ2v) is 5.64. The van der Waals surface area contributed by atoms with Crippen molar-refractivity contribution < 1.29 is 9.59 Å². The van der Waals surface area contributed by atoms with Gasteiger partial charge in [-0.05, 0) is 31.3 Å². The van der Waals surface area contributed by atoms with Crippen LogP contribution in [0, 0.1) is 0 Å². The van der Waals surface area contributed by atoms with Gasteiger partial charge in [0.05, 0.1) is 11.4 Å². The van der Waals surface area contributed by atoms with E-state index in [2.05, 4.69) is 27.6 Å². The maximum atomic E-state index is 12.5. The first kappa shape index (κ1) is 18.7. The van der Waals surface area contributed by atoms with Crippen molar-refractivity contribution in [2.24, 2.45) is 5.73 Å². The minimum atomic E-state index is 0.0719. The maximum Gasteiger partial charge on any atom is 0.254 e. The number of amides is 1. The number of carbonyl (C=O) groups is 2. The number of rotatable bonds is 3. The monoisotopic (exact) mass is 341 g/mol. The van der Waals surface area contributed by atoms with Crippen molar-refractivity contribution in [3.63, 3.8) is 0 Å². The summed E-state index contributed by atoms with van der Waals surface area (Å²) in [5.41, 5.74) is 6.85. The van der Waals surface area contributed by atoms with Gasteiger partial charge in [0, 0.05) is 50.7 Å². The molecule has 0 atom stereocenters. The van der Waals surface area contributed by atoms with Crippen LogP contribution in [0.3, 0.4) is 0 Å². The fourth-order valence-electron chi connectivity index (χ4n) is 2.41. The third kappa shape index (κ3) is 5.44. The van der Waals surface area contributed by atoms with Crippen LogP contribution >= 0.6 is 0 Å². The van der Waals surface area contributed by atoms with Crippen molar-refractivity contribution >= 4 is 12.2 Å². The van der Waals surface area contributed by atoms with E-state index in [0.717, 1.165) is 37.6 Å². The molecular weight excluding hydrogens is 318 g/mol. The predicted molar refractivity (Wildman–Crippen MR) is 96.0 cm³/mol. The fourth-order valence-corrected chi connectivity index (χ4v) is 2.41. The fraction of sp³-hybridized carbons (Fsp3) is 0.333. The van der Waals surface area contributed by atoms with Crippen molar-refractivity contribution in [2.75, 3.05) is 39.8 Å². The Kier molecular flexibility index (Phi) is 7.18. The Labute approximate surface area is 147 Å². The number of nitrogens with two attached hydrogens (primary N) is 1. The van der Waals surface area contributed by atoms with E-state index in [1.54, 1.807) is 18.5 Å². The molecular formula is C18H23N5O2. The second-order valence-electron chi connectivity index (χ2n) is 5.64. The molecule has 1 fully saturated rings. The predicted octanol–water partition coefficient (Wildman–Crippen LogP) is 0.675. The zero-order valence-electron chi connectivity index (χ0n) is 14.3. The number of likely N-dealkylation sites (N-methyl/N-ethyl adjacent to an activating group) is 1. The zero-order chi connectivity index (χ0) is 18.1. The summed E-state index contributed by atoms with van der Waals surface area (Å²) in [6, 6.07) is 9.27. The maximum absolute atomic E-state index is 12.5. The van der Waals surface area contributed by atoms with Crippen LogP contribution in [0.15, 0.2) is 42.7 Å². The Hall–Kier alpha value is -2.64. The van der Waals surface area contributed by atoms with Crippen molar-refractivity contribution in [2.45, 2.75) is 0 Å². The molecule has 0 bridgehead atoms. The number of carbonyl (C=O) groups excluding carboxylic acids is 2. The number of hydrogen-bond acceptors (Lipinski definition) is 6. The van der Waals surface area contributed by atoms with E-state index in [0.29, 0.717) is 11.8 Å². The van der Waals surface area contributed by atoms with E-state index in [1.165, 1.54) is 0 Å².